The van der Waals surface area contributed by atoms with Crippen molar-refractivity contribution in [1.29, 1.82) is 0 Å². The summed E-state index contributed by atoms with van der Waals surface area (Å²) in [5.74, 6) is -0.420. The Hall–Kier alpha value is -2.82. The smallest absolute Gasteiger partial charge is 0.269 e. The Balaban J connectivity index is 2.32. The number of amides is 1. The van der Waals surface area contributed by atoms with E-state index in [1.54, 1.807) is 26.1 Å². The molecule has 0 saturated heterocycles. The van der Waals surface area contributed by atoms with E-state index in [-0.39, 0.29) is 16.1 Å². The Morgan fingerprint density at radius 1 is 1.14 bits per heavy atom. The lowest BCUT2D eigenvalue weighted by Gasteiger charge is -2.25. The van der Waals surface area contributed by atoms with Crippen LogP contribution in [-0.2, 0) is 14.9 Å². The quantitative estimate of drug-likeness (QED) is 0.515. The van der Waals surface area contributed by atoms with Crippen molar-refractivity contribution in [3.05, 3.63) is 69.8 Å². The second kappa shape index (κ2) is 8.46. The van der Waals surface area contributed by atoms with E-state index in [0.717, 1.165) is 0 Å². The van der Waals surface area contributed by atoms with E-state index in [9.17, 15) is 23.3 Å². The number of hydrogen-bond donors (Lipinski definition) is 0. The second-order valence-corrected chi connectivity index (χ2v) is 8.01. The number of non-ortho nitro benzene ring substituents is 1. The number of nitro groups is 1. The van der Waals surface area contributed by atoms with Crippen molar-refractivity contribution in [1.82, 2.24) is 9.37 Å². The predicted octanol–water partition coefficient (Wildman–Crippen LogP) is 2.61. The first kappa shape index (κ1) is 21.5. The van der Waals surface area contributed by atoms with Gasteiger partial charge in [-0.3, -0.25) is 19.7 Å². The van der Waals surface area contributed by atoms with Crippen LogP contribution >= 0.6 is 0 Å². The van der Waals surface area contributed by atoms with Gasteiger partial charge in [0.2, 0.25) is 0 Å². The van der Waals surface area contributed by atoms with Crippen LogP contribution in [0.5, 0.6) is 0 Å². The average molecular weight is 407 g/mol. The van der Waals surface area contributed by atoms with Gasteiger partial charge in [0.1, 0.15) is 0 Å². The van der Waals surface area contributed by atoms with Crippen LogP contribution in [0.1, 0.15) is 28.9 Å². The molecule has 0 unspecified atom stereocenters. The van der Waals surface area contributed by atoms with Crippen LogP contribution < -0.4 is 0 Å². The fourth-order valence-electron chi connectivity index (χ4n) is 2.54. The first-order chi connectivity index (χ1) is 13.1. The molecule has 0 bridgehead atoms. The van der Waals surface area contributed by atoms with E-state index in [1.807, 2.05) is 0 Å². The zero-order valence-corrected chi connectivity index (χ0v) is 16.7. The van der Waals surface area contributed by atoms with Crippen molar-refractivity contribution < 1.29 is 23.0 Å². The van der Waals surface area contributed by atoms with E-state index >= 15 is 0 Å². The molecular weight excluding hydrogens is 386 g/mol. The Morgan fingerprint density at radius 3 is 2.39 bits per heavy atom. The summed E-state index contributed by atoms with van der Waals surface area (Å²) in [7, 11) is 0.131. The van der Waals surface area contributed by atoms with Crippen molar-refractivity contribution in [3.8, 4) is 0 Å². The standard InChI is InChI=1S/C18H21N3O6S/c1-13(14-7-5-9-16(11-14)21(23)24)19(2)18(22)15-8-6-10-17(12-15)28(25,26)20(3)27-4/h5-13H,1-4H3/t13-/m0/s1. The third-order valence-corrected chi connectivity index (χ3v) is 6.11. The van der Waals surface area contributed by atoms with Gasteiger partial charge in [-0.2, -0.15) is 0 Å². The van der Waals surface area contributed by atoms with E-state index in [4.69, 9.17) is 4.84 Å². The number of sulfonamides is 1. The van der Waals surface area contributed by atoms with Gasteiger partial charge in [-0.25, -0.2) is 8.42 Å². The topological polar surface area (TPSA) is 110 Å². The summed E-state index contributed by atoms with van der Waals surface area (Å²) in [4.78, 5) is 29.4. The van der Waals surface area contributed by atoms with Gasteiger partial charge in [0.05, 0.1) is 23.0 Å². The molecule has 1 atom stereocenters. The minimum Gasteiger partial charge on any atom is -0.335 e. The summed E-state index contributed by atoms with van der Waals surface area (Å²) in [6.07, 6.45) is 0. The molecule has 0 aromatic heterocycles. The Bertz CT molecular complexity index is 992. The molecule has 9 nitrogen and oxygen atoms in total. The zero-order chi connectivity index (χ0) is 21.1. The van der Waals surface area contributed by atoms with Crippen LogP contribution in [0.4, 0.5) is 5.69 Å². The molecular formula is C18H21N3O6S. The third kappa shape index (κ3) is 4.35. The highest BCUT2D eigenvalue weighted by Gasteiger charge is 2.24. The molecule has 0 saturated carbocycles. The highest BCUT2D eigenvalue weighted by Crippen LogP contribution is 2.25. The molecule has 0 heterocycles. The van der Waals surface area contributed by atoms with E-state index < -0.39 is 26.9 Å². The molecule has 2 rings (SSSR count). The monoisotopic (exact) mass is 407 g/mol. The number of rotatable bonds is 7. The summed E-state index contributed by atoms with van der Waals surface area (Å²) in [6.45, 7) is 1.73. The molecule has 1 amide bonds. The fourth-order valence-corrected chi connectivity index (χ4v) is 3.56. The van der Waals surface area contributed by atoms with Crippen LogP contribution in [0.2, 0.25) is 0 Å². The van der Waals surface area contributed by atoms with E-state index in [2.05, 4.69) is 0 Å². The maximum absolute atomic E-state index is 12.8. The molecule has 28 heavy (non-hydrogen) atoms. The van der Waals surface area contributed by atoms with Gasteiger partial charge >= 0.3 is 0 Å². The maximum Gasteiger partial charge on any atom is 0.269 e. The summed E-state index contributed by atoms with van der Waals surface area (Å²) in [5.41, 5.74) is 0.694. The normalized spacial score (nSPS) is 12.6. The van der Waals surface area contributed by atoms with Gasteiger partial charge in [-0.05, 0) is 30.7 Å². The van der Waals surface area contributed by atoms with E-state index in [0.29, 0.717) is 10.0 Å². The largest absolute Gasteiger partial charge is 0.335 e. The number of hydroxylamine groups is 1. The SMILES string of the molecule is CON(C)S(=O)(=O)c1cccc(C(=O)N(C)[C@@H](C)c2cccc([N+](=O)[O-])c2)c1. The van der Waals surface area contributed by atoms with Gasteiger partial charge in [-0.15, -0.1) is 0 Å². The van der Waals surface area contributed by atoms with Crippen molar-refractivity contribution in [2.24, 2.45) is 0 Å². The van der Waals surface area contributed by atoms with Crippen molar-refractivity contribution >= 4 is 21.6 Å². The Labute approximate surface area is 163 Å². The lowest BCUT2D eigenvalue weighted by Crippen LogP contribution is -2.30. The van der Waals surface area contributed by atoms with Crippen LogP contribution in [-0.4, -0.2) is 49.8 Å². The molecule has 0 aliphatic heterocycles. The lowest BCUT2D eigenvalue weighted by atomic mass is 10.1. The first-order valence-corrected chi connectivity index (χ1v) is 9.68. The molecule has 0 N–H and O–H groups in total. The Morgan fingerprint density at radius 2 is 1.79 bits per heavy atom. The maximum atomic E-state index is 12.8. The number of hydrogen-bond acceptors (Lipinski definition) is 6. The molecule has 10 heteroatoms. The second-order valence-electron chi connectivity index (χ2n) is 6.07. The number of carbonyl (C=O) groups excluding carboxylic acids is 1. The van der Waals surface area contributed by atoms with Crippen LogP contribution in [0, 0.1) is 10.1 Å². The number of benzene rings is 2. The molecule has 0 fully saturated rings. The van der Waals surface area contributed by atoms with Gasteiger partial charge in [-0.1, -0.05) is 22.7 Å². The number of nitrogens with zero attached hydrogens (tertiary/aromatic N) is 3. The highest BCUT2D eigenvalue weighted by atomic mass is 32.2. The van der Waals surface area contributed by atoms with Crippen molar-refractivity contribution in [2.75, 3.05) is 21.2 Å². The zero-order valence-electron chi connectivity index (χ0n) is 15.9. The van der Waals surface area contributed by atoms with Gasteiger partial charge in [0.15, 0.2) is 0 Å². The number of carbonyl (C=O) groups is 1. The lowest BCUT2D eigenvalue weighted by molar-refractivity contribution is -0.384. The molecule has 0 radical (unpaired) electrons. The minimum atomic E-state index is -3.89. The molecule has 2 aromatic rings. The highest BCUT2D eigenvalue weighted by molar-refractivity contribution is 7.89. The van der Waals surface area contributed by atoms with Gasteiger partial charge in [0, 0.05) is 31.8 Å². The molecule has 0 aliphatic rings. The summed E-state index contributed by atoms with van der Waals surface area (Å²) >= 11 is 0. The van der Waals surface area contributed by atoms with Gasteiger partial charge in [0.25, 0.3) is 21.6 Å². The first-order valence-electron chi connectivity index (χ1n) is 8.24. The van der Waals surface area contributed by atoms with Crippen LogP contribution in [0.25, 0.3) is 0 Å². The predicted molar refractivity (Wildman–Crippen MR) is 102 cm³/mol. The number of nitro benzene ring substituents is 1. The van der Waals surface area contributed by atoms with Crippen molar-refractivity contribution in [3.63, 3.8) is 0 Å². The van der Waals surface area contributed by atoms with Crippen LogP contribution in [0.3, 0.4) is 0 Å². The van der Waals surface area contributed by atoms with Gasteiger partial charge < -0.3 is 4.90 Å². The van der Waals surface area contributed by atoms with Crippen molar-refractivity contribution in [2.45, 2.75) is 17.9 Å². The summed E-state index contributed by atoms with van der Waals surface area (Å²) in [6, 6.07) is 11.2. The molecule has 0 aliphatic carbocycles. The van der Waals surface area contributed by atoms with Crippen LogP contribution in [0.15, 0.2) is 53.4 Å². The van der Waals surface area contributed by atoms with E-state index in [1.165, 1.54) is 55.5 Å². The molecule has 150 valence electrons. The summed E-state index contributed by atoms with van der Waals surface area (Å²) < 4.78 is 25.5. The third-order valence-electron chi connectivity index (χ3n) is 4.44. The fraction of sp³-hybridized carbons (Fsp3) is 0.278. The molecule has 2 aromatic carbocycles. The average Bonchev–Trinajstić information content (AvgIpc) is 2.71. The Kier molecular flexibility index (Phi) is 6.49. The summed E-state index contributed by atoms with van der Waals surface area (Å²) in [5, 5.41) is 11.0. The molecule has 0 spiro atoms. The minimum absolute atomic E-state index is 0.0686.